The fourth-order valence-corrected chi connectivity index (χ4v) is 14.0. The maximum atomic E-state index is 4.60. The predicted octanol–water partition coefficient (Wildman–Crippen LogP) is 17.4. The van der Waals surface area contributed by atoms with E-state index >= 15 is 0 Å². The van der Waals surface area contributed by atoms with Gasteiger partial charge >= 0.3 is 0 Å². The molecule has 15 aliphatic rings. The van der Waals surface area contributed by atoms with Crippen LogP contribution in [0.1, 0.15) is 55.8 Å². The summed E-state index contributed by atoms with van der Waals surface area (Å²) >= 11 is 0. The lowest BCUT2D eigenvalue weighted by atomic mass is 9.73. The minimum Gasteiger partial charge on any atom is -0.264 e. The number of pyridine rings is 1. The average Bonchev–Trinajstić information content (AvgIpc) is 3.45. The van der Waals surface area contributed by atoms with Gasteiger partial charge in [-0.2, -0.15) is 0 Å². The minimum absolute atomic E-state index is 0.236. The van der Waals surface area contributed by atoms with Crippen molar-refractivity contribution >= 4 is 82.9 Å². The van der Waals surface area contributed by atoms with Gasteiger partial charge in [0.15, 0.2) is 0 Å². The van der Waals surface area contributed by atoms with Crippen LogP contribution in [0, 0.1) is 29.6 Å². The second-order valence-electron chi connectivity index (χ2n) is 22.5. The normalized spacial score (nSPS) is 23.3. The lowest BCUT2D eigenvalue weighted by Gasteiger charge is -2.31. The van der Waals surface area contributed by atoms with Gasteiger partial charge in [0.25, 0.3) is 0 Å². The molecule has 10 aliphatic carbocycles. The average molecular weight is 1090 g/mol. The largest absolute Gasteiger partial charge is 0.264 e. The number of rotatable bonds is 0. The molecule has 6 heterocycles. The van der Waals surface area contributed by atoms with Gasteiger partial charge in [0.05, 0.1) is 23.2 Å². The summed E-state index contributed by atoms with van der Waals surface area (Å²) in [6.07, 6.45) is 65.6. The number of aliphatic imine (C=N–C) groups is 5. The zero-order valence-corrected chi connectivity index (χ0v) is 46.4. The Labute approximate surface area is 495 Å². The second kappa shape index (κ2) is 21.2. The predicted molar refractivity (Wildman–Crippen MR) is 355 cm³/mol. The lowest BCUT2D eigenvalue weighted by Crippen LogP contribution is -2.26. The Morgan fingerprint density at radius 3 is 1.52 bits per heavy atom. The van der Waals surface area contributed by atoms with Gasteiger partial charge in [-0.05, 0) is 148 Å². The van der Waals surface area contributed by atoms with E-state index in [0.29, 0.717) is 23.7 Å². The molecule has 20 rings (SSSR count). The molecule has 5 aromatic rings. The zero-order valence-electron chi connectivity index (χ0n) is 46.4. The van der Waals surface area contributed by atoms with E-state index in [-0.39, 0.29) is 5.92 Å². The smallest absolute Gasteiger partial charge is 0.140 e. The Balaban J connectivity index is 0.0000000865. The van der Waals surface area contributed by atoms with Gasteiger partial charge in [0.1, 0.15) is 5.84 Å². The number of aromatic nitrogens is 1. The standard InChI is InChI=1S/4C16H11N.C15H10N2/c1-4-11-5-2-8-14-15(11)12(6-1)10-13-7-3-9-17-16(13)14;1-2-7-14-11(4-1)8-12-5-3-6-13-9-17-10-15(14)16(12)13;1-2-7-14-12(4-1)10-13-6-3-5-11-8-9-17-16(14)15(11)13;1-2-6-14-11(4-1)8-13-10-17-9-12-5-3-7-15(14)16(12)13;1-2-4-12-10(3-1)9-11-5-7-16-15-14(11)13(12)6-8-17-15/h1-10,15H;1-10,16H;1-10,15H;1-10,16H;1-9,14H. The van der Waals surface area contributed by atoms with Crippen LogP contribution in [-0.2, 0) is 0 Å². The Morgan fingerprint density at radius 1 is 0.318 bits per heavy atom. The van der Waals surface area contributed by atoms with Crippen molar-refractivity contribution in [1.29, 1.82) is 0 Å². The van der Waals surface area contributed by atoms with E-state index in [1.165, 1.54) is 128 Å². The molecule has 5 atom stereocenters. The molecule has 0 spiro atoms. The van der Waals surface area contributed by atoms with Crippen molar-refractivity contribution in [3.05, 3.63) is 355 Å². The van der Waals surface area contributed by atoms with Gasteiger partial charge in [-0.1, -0.05) is 212 Å². The number of nitrogens with zero attached hydrogens (tertiary/aromatic N) is 6. The maximum Gasteiger partial charge on any atom is 0.140 e. The van der Waals surface area contributed by atoms with Crippen LogP contribution in [0.3, 0.4) is 0 Å². The van der Waals surface area contributed by atoms with Gasteiger partial charge in [-0.15, -0.1) is 0 Å². The molecular weight excluding hydrogens is 1030 g/mol. The molecule has 0 radical (unpaired) electrons. The first-order chi connectivity index (χ1) is 42.2. The molecule has 0 saturated carbocycles. The summed E-state index contributed by atoms with van der Waals surface area (Å²) in [6, 6.07) is 38.2. The molecule has 4 aromatic carbocycles. The number of allylic oxidation sites excluding steroid dienone is 29. The lowest BCUT2D eigenvalue weighted by molar-refractivity contribution is 0.938. The van der Waals surface area contributed by atoms with Crippen LogP contribution in [0.2, 0.25) is 0 Å². The highest BCUT2D eigenvalue weighted by atomic mass is 14.9. The van der Waals surface area contributed by atoms with E-state index in [4.69, 9.17) is 0 Å². The molecule has 85 heavy (non-hydrogen) atoms. The van der Waals surface area contributed by atoms with Crippen molar-refractivity contribution in [3.63, 3.8) is 0 Å². The molecule has 1 aromatic heterocycles. The summed E-state index contributed by atoms with van der Waals surface area (Å²) in [5, 5.41) is 0. The Hall–Kier alpha value is -10.8. The molecule has 400 valence electrons. The summed E-state index contributed by atoms with van der Waals surface area (Å²) in [7, 11) is 0. The number of fused-ring (bicyclic) bond motifs is 10. The molecule has 0 amide bonds. The molecule has 5 aliphatic heterocycles. The van der Waals surface area contributed by atoms with Crippen LogP contribution in [0.25, 0.3) is 52.7 Å². The number of dihydropyridines is 1. The van der Waals surface area contributed by atoms with Gasteiger partial charge < -0.3 is 0 Å². The Kier molecular flexibility index (Phi) is 12.4. The van der Waals surface area contributed by atoms with Crippen molar-refractivity contribution in [1.82, 2.24) is 4.98 Å². The fourth-order valence-electron chi connectivity index (χ4n) is 14.0. The van der Waals surface area contributed by atoms with Gasteiger partial charge in [-0.3, -0.25) is 20.0 Å². The van der Waals surface area contributed by atoms with E-state index in [0.717, 1.165) is 11.5 Å². The summed E-state index contributed by atoms with van der Waals surface area (Å²) in [6.45, 7) is 0. The SMILES string of the molecule is C1=CC2=CC=CC3=Cc4cccnc4C(=C1)C23.C1=CC2=CN=CC3=Cc4ccccc4C(=C1)C23.C1=CC2=Cc3ccccc3C3=CC=NC(=N1)C23.C1=CC2=Cc3ccccc3C3=CN=CC(=C1)C23.C1=CC2=Cc3ccccc3C3=NC=CC(=C1)C23. The molecular formula is C79H54N6. The highest BCUT2D eigenvalue weighted by molar-refractivity contribution is 6.14. The third-order valence-electron chi connectivity index (χ3n) is 17.7. The van der Waals surface area contributed by atoms with Crippen molar-refractivity contribution in [2.24, 2.45) is 54.6 Å². The van der Waals surface area contributed by atoms with Crippen LogP contribution in [-0.4, -0.2) is 35.2 Å². The number of amidine groups is 1. The monoisotopic (exact) mass is 1090 g/mol. The summed E-state index contributed by atoms with van der Waals surface area (Å²) in [4.78, 5) is 26.5. The molecule has 0 saturated heterocycles. The maximum absolute atomic E-state index is 4.60. The number of hydrogen-bond acceptors (Lipinski definition) is 6. The Morgan fingerprint density at radius 2 is 0.788 bits per heavy atom. The summed E-state index contributed by atoms with van der Waals surface area (Å²) in [5.41, 5.74) is 31.3. The molecule has 0 bridgehead atoms. The van der Waals surface area contributed by atoms with Gasteiger partial charge in [0, 0.05) is 78.5 Å². The van der Waals surface area contributed by atoms with Crippen molar-refractivity contribution in [2.75, 3.05) is 0 Å². The quantitative estimate of drug-likeness (QED) is 0.152. The van der Waals surface area contributed by atoms with Crippen LogP contribution in [0.15, 0.2) is 325 Å². The van der Waals surface area contributed by atoms with Gasteiger partial charge in [0.2, 0.25) is 0 Å². The van der Waals surface area contributed by atoms with E-state index in [1.807, 2.05) is 55.7 Å². The summed E-state index contributed by atoms with van der Waals surface area (Å²) < 4.78 is 0. The van der Waals surface area contributed by atoms with Crippen LogP contribution < -0.4 is 0 Å². The number of hydrogen-bond donors (Lipinski definition) is 0. The molecule has 6 nitrogen and oxygen atoms in total. The second-order valence-corrected chi connectivity index (χ2v) is 22.5. The van der Waals surface area contributed by atoms with Crippen molar-refractivity contribution in [2.45, 2.75) is 0 Å². The Bertz CT molecular complexity index is 3960. The van der Waals surface area contributed by atoms with E-state index in [1.54, 1.807) is 0 Å². The third-order valence-corrected chi connectivity index (χ3v) is 17.7. The summed E-state index contributed by atoms with van der Waals surface area (Å²) in [5.74, 6) is 2.68. The minimum atomic E-state index is 0.236. The third kappa shape index (κ3) is 8.89. The first kappa shape index (κ1) is 50.0. The van der Waals surface area contributed by atoms with Crippen LogP contribution in [0.4, 0.5) is 0 Å². The molecule has 6 heteroatoms. The number of benzene rings is 4. The van der Waals surface area contributed by atoms with Crippen molar-refractivity contribution in [3.8, 4) is 0 Å². The highest BCUT2D eigenvalue weighted by Crippen LogP contribution is 2.48. The van der Waals surface area contributed by atoms with Crippen LogP contribution in [0.5, 0.6) is 0 Å². The fraction of sp³-hybridized carbons (Fsp3) is 0.0633. The molecule has 0 N–H and O–H groups in total. The first-order valence-corrected chi connectivity index (χ1v) is 29.2. The van der Waals surface area contributed by atoms with E-state index < -0.39 is 0 Å². The van der Waals surface area contributed by atoms with E-state index in [2.05, 4.69) is 273 Å². The zero-order chi connectivity index (χ0) is 56.2. The van der Waals surface area contributed by atoms with Gasteiger partial charge in [-0.25, -0.2) is 9.98 Å². The first-order valence-electron chi connectivity index (χ1n) is 29.2. The van der Waals surface area contributed by atoms with E-state index in [9.17, 15) is 0 Å². The van der Waals surface area contributed by atoms with Crippen molar-refractivity contribution < 1.29 is 0 Å². The molecule has 5 unspecified atom stereocenters. The topological polar surface area (TPSA) is 74.7 Å². The highest BCUT2D eigenvalue weighted by Gasteiger charge is 2.35. The molecule has 0 fully saturated rings. The van der Waals surface area contributed by atoms with Crippen LogP contribution >= 0.6 is 0 Å².